The van der Waals surface area contributed by atoms with Crippen LogP contribution < -0.4 is 25.7 Å². The van der Waals surface area contributed by atoms with Crippen molar-refractivity contribution in [3.8, 4) is 5.75 Å². The molecule has 428 valence electrons. The third-order valence-corrected chi connectivity index (χ3v) is 16.4. The molecule has 80 heavy (non-hydrogen) atoms. The lowest BCUT2D eigenvalue weighted by atomic mass is 9.90. The molecule has 0 saturated carbocycles. The first-order chi connectivity index (χ1) is 37.8. The predicted molar refractivity (Wildman–Crippen MR) is 295 cm³/mol. The Morgan fingerprint density at radius 3 is 2.44 bits per heavy atom. The molecular formula is C55H63ClN6O16S2. The summed E-state index contributed by atoms with van der Waals surface area (Å²) < 4.78 is 64.0. The molecule has 4 aliphatic rings. The van der Waals surface area contributed by atoms with E-state index in [1.807, 2.05) is 13.0 Å². The molecule has 3 aromatic rings. The van der Waals surface area contributed by atoms with Crippen LogP contribution >= 0.6 is 23.4 Å². The van der Waals surface area contributed by atoms with Crippen LogP contribution in [0, 0.1) is 6.92 Å². The average Bonchev–Trinajstić information content (AvgIpc) is 4.04. The summed E-state index contributed by atoms with van der Waals surface area (Å²) in [5.74, 6) is -3.22. The number of nitrogens with zero attached hydrogens (tertiary/aromatic N) is 3. The van der Waals surface area contributed by atoms with Crippen LogP contribution in [-0.4, -0.2) is 140 Å². The number of aliphatic hydroxyl groups is 1. The van der Waals surface area contributed by atoms with Crippen LogP contribution in [0.25, 0.3) is 0 Å². The SMILES string of the molecule is COc1cc2cc(c1Cl)N(C)C(=O)C[C@H](OC(=O)CSc1ccc(/C(C)=N/NC(=O)c3ccc(NC(=O)CCCCCN4C(=O)C=CC4=O)cc3S(=O)(=O)O)cc1C)[C@]1(C)O[C@H]1C[C@@H]1C[C@@](O)(NC(=O)O1)[C@H](OC)/C=C/C=C(\C)C2. The van der Waals surface area contributed by atoms with E-state index in [4.69, 9.17) is 35.3 Å². The number of methoxy groups -OCH3 is 2. The highest BCUT2D eigenvalue weighted by Gasteiger charge is 2.61. The number of imide groups is 1. The number of benzene rings is 3. The molecular weight excluding hydrogens is 1100 g/mol. The van der Waals surface area contributed by atoms with E-state index >= 15 is 0 Å². The molecule has 0 spiro atoms. The number of ether oxygens (including phenoxy) is 5. The van der Waals surface area contributed by atoms with Crippen molar-refractivity contribution in [1.82, 2.24) is 15.6 Å². The lowest BCUT2D eigenvalue weighted by Gasteiger charge is -2.40. The maximum atomic E-state index is 14.3. The number of epoxide rings is 1. The number of amides is 6. The molecule has 6 atom stereocenters. The third-order valence-electron chi connectivity index (χ3n) is 14.0. The van der Waals surface area contributed by atoms with Gasteiger partial charge in [-0.15, -0.1) is 11.8 Å². The van der Waals surface area contributed by atoms with Crippen LogP contribution in [0.15, 0.2) is 99.4 Å². The molecule has 5 N–H and O–H groups in total. The second kappa shape index (κ2) is 25.7. The monoisotopic (exact) mass is 1160 g/mol. The minimum Gasteiger partial charge on any atom is -0.495 e. The molecule has 4 aliphatic heterocycles. The van der Waals surface area contributed by atoms with E-state index in [0.717, 1.165) is 39.9 Å². The standard InChI is InChI=1S/C55H63ClN6O16S2/c1-31-12-11-13-43(75-7)55(70)29-37(76-53(69)58-55)27-45-54(4,78-45)44(28-49(66)61(5)39-24-34(22-31)25-40(74-6)51(39)56)77-50(67)30-79-41-18-15-35(23-32(41)2)33(3)59-60-52(68)38-17-16-36(26-42(38)80(71,72)73)57-46(63)14-9-8-10-21-62-47(64)19-20-48(62)65/h11-13,15-20,23-26,37,43-45,70H,8-10,14,21-22,27-30H2,1-7H3,(H,57,63)(H,58,69)(H,60,68)(H,71,72,73)/b13-11+,31-12+,59-33+/t37-,43-,44+,45+,54+,55+/m1/s1. The molecule has 25 heteroatoms. The highest BCUT2D eigenvalue weighted by Crippen LogP contribution is 2.47. The molecule has 2 fully saturated rings. The third kappa shape index (κ3) is 14.9. The predicted octanol–water partition coefficient (Wildman–Crippen LogP) is 6.35. The van der Waals surface area contributed by atoms with Gasteiger partial charge in [-0.2, -0.15) is 13.5 Å². The maximum Gasteiger partial charge on any atom is 0.409 e. The molecule has 7 rings (SSSR count). The van der Waals surface area contributed by atoms with Gasteiger partial charge in [0.15, 0.2) is 5.72 Å². The van der Waals surface area contributed by atoms with Crippen molar-refractivity contribution in [3.05, 3.63) is 112 Å². The van der Waals surface area contributed by atoms with Gasteiger partial charge < -0.3 is 39.0 Å². The van der Waals surface area contributed by atoms with Gasteiger partial charge in [-0.05, 0) is 106 Å². The van der Waals surface area contributed by atoms with Crippen molar-refractivity contribution >= 4 is 92.2 Å². The van der Waals surface area contributed by atoms with Gasteiger partial charge in [0.2, 0.25) is 11.8 Å². The number of aryl methyl sites for hydroxylation is 1. The molecule has 4 bridgehead atoms. The Morgan fingerprint density at radius 1 is 1.01 bits per heavy atom. The maximum absolute atomic E-state index is 14.3. The van der Waals surface area contributed by atoms with E-state index in [-0.39, 0.29) is 48.7 Å². The first kappa shape index (κ1) is 60.7. The Kier molecular flexibility index (Phi) is 19.5. The number of hydrogen-bond donors (Lipinski definition) is 5. The molecule has 0 radical (unpaired) electrons. The topological polar surface area (TPSA) is 298 Å². The number of alkyl carbamates (subject to hydrolysis) is 1. The Bertz CT molecular complexity index is 3190. The van der Waals surface area contributed by atoms with Crippen molar-refractivity contribution < 1.29 is 75.3 Å². The molecule has 0 aromatic heterocycles. The summed E-state index contributed by atoms with van der Waals surface area (Å²) in [7, 11) is -0.541. The minimum atomic E-state index is -4.97. The Labute approximate surface area is 472 Å². The highest BCUT2D eigenvalue weighted by molar-refractivity contribution is 8.00. The summed E-state index contributed by atoms with van der Waals surface area (Å²) in [6.07, 6.45) is 4.57. The van der Waals surface area contributed by atoms with Crippen LogP contribution in [0.2, 0.25) is 5.02 Å². The van der Waals surface area contributed by atoms with Crippen LogP contribution in [-0.2, 0) is 59.5 Å². The molecule has 3 aromatic carbocycles. The lowest BCUT2D eigenvalue weighted by Crippen LogP contribution is -2.62. The molecule has 22 nitrogen and oxygen atoms in total. The molecule has 0 aliphatic carbocycles. The zero-order valence-electron chi connectivity index (χ0n) is 45.0. The van der Waals surface area contributed by atoms with Crippen molar-refractivity contribution in [2.45, 2.75) is 125 Å². The largest absolute Gasteiger partial charge is 0.495 e. The number of thioether (sulfide) groups is 1. The van der Waals surface area contributed by atoms with Crippen LogP contribution in [0.5, 0.6) is 5.75 Å². The summed E-state index contributed by atoms with van der Waals surface area (Å²) in [4.78, 5) is 92.8. The summed E-state index contributed by atoms with van der Waals surface area (Å²) in [5.41, 5.74) is 2.38. The number of unbranched alkanes of at least 4 members (excludes halogenated alkanes) is 2. The van der Waals surface area contributed by atoms with Gasteiger partial charge in [-0.3, -0.25) is 43.5 Å². The van der Waals surface area contributed by atoms with Crippen molar-refractivity contribution in [3.63, 3.8) is 0 Å². The van der Waals surface area contributed by atoms with E-state index < -0.39 is 97.9 Å². The Hall–Kier alpha value is -6.93. The number of allylic oxidation sites excluding steroid dienone is 3. The number of rotatable bonds is 17. The van der Waals surface area contributed by atoms with E-state index in [9.17, 15) is 51.6 Å². The van der Waals surface area contributed by atoms with Crippen LogP contribution in [0.4, 0.5) is 16.2 Å². The molecule has 2 saturated heterocycles. The number of esters is 1. The highest BCUT2D eigenvalue weighted by atomic mass is 35.5. The number of nitrogens with one attached hydrogen (secondary N) is 3. The van der Waals surface area contributed by atoms with E-state index in [1.54, 1.807) is 70.3 Å². The minimum absolute atomic E-state index is 0.00469. The zero-order chi connectivity index (χ0) is 58.3. The van der Waals surface area contributed by atoms with Crippen molar-refractivity contribution in [2.24, 2.45) is 5.10 Å². The Morgan fingerprint density at radius 2 is 1.75 bits per heavy atom. The number of carbonyl (C=O) groups is 7. The van der Waals surface area contributed by atoms with Crippen molar-refractivity contribution in [1.29, 1.82) is 0 Å². The van der Waals surface area contributed by atoms with Gasteiger partial charge in [0.05, 0.1) is 42.3 Å². The number of carbonyl (C=O) groups excluding carboxylic acids is 7. The van der Waals surface area contributed by atoms with Crippen LogP contribution in [0.1, 0.15) is 92.8 Å². The first-order valence-electron chi connectivity index (χ1n) is 25.4. The lowest BCUT2D eigenvalue weighted by molar-refractivity contribution is -0.150. The summed E-state index contributed by atoms with van der Waals surface area (Å²) in [5, 5.41) is 21.1. The fraction of sp³-hybridized carbons (Fsp3) is 0.418. The molecule has 4 heterocycles. The van der Waals surface area contributed by atoms with Gasteiger partial charge in [-0.25, -0.2) is 10.2 Å². The van der Waals surface area contributed by atoms with E-state index in [2.05, 4.69) is 21.2 Å². The summed E-state index contributed by atoms with van der Waals surface area (Å²) >= 11 is 7.97. The molecule has 0 unspecified atom stereocenters. The zero-order valence-corrected chi connectivity index (χ0v) is 47.4. The average molecular weight is 1160 g/mol. The fourth-order valence-electron chi connectivity index (χ4n) is 9.49. The Balaban J connectivity index is 1.00. The second-order valence-corrected chi connectivity index (χ2v) is 22.7. The van der Waals surface area contributed by atoms with E-state index in [0.29, 0.717) is 58.9 Å². The number of hydrazone groups is 1. The van der Waals surface area contributed by atoms with Crippen molar-refractivity contribution in [2.75, 3.05) is 43.8 Å². The number of anilines is 2. The smallest absolute Gasteiger partial charge is 0.409 e. The summed E-state index contributed by atoms with van der Waals surface area (Å²) in [6.45, 7) is 7.20. The molecule has 6 amide bonds. The van der Waals surface area contributed by atoms with Gasteiger partial charge in [0.25, 0.3) is 27.8 Å². The van der Waals surface area contributed by atoms with Gasteiger partial charge in [0.1, 0.15) is 39.6 Å². The number of hydrogen-bond acceptors (Lipinski definition) is 17. The number of fused-ring (bicyclic) bond motifs is 5. The van der Waals surface area contributed by atoms with Gasteiger partial charge >= 0.3 is 12.1 Å². The van der Waals surface area contributed by atoms with Crippen LogP contribution in [0.3, 0.4) is 0 Å². The normalized spacial score (nSPS) is 24.5. The van der Waals surface area contributed by atoms with E-state index in [1.165, 1.54) is 37.3 Å². The summed E-state index contributed by atoms with van der Waals surface area (Å²) in [6, 6.07) is 12.1. The fourth-order valence-corrected chi connectivity index (χ4v) is 11.3. The van der Waals surface area contributed by atoms with Gasteiger partial charge in [0, 0.05) is 62.7 Å². The second-order valence-electron chi connectivity index (χ2n) is 19.9. The quantitative estimate of drug-likeness (QED) is 0.0144. The first-order valence-corrected chi connectivity index (χ1v) is 28.2. The van der Waals surface area contributed by atoms with Gasteiger partial charge in [-0.1, -0.05) is 47.9 Å². The number of halogens is 1.